The zero-order valence-electron chi connectivity index (χ0n) is 21.7. The molecule has 2 heterocycles. The van der Waals surface area contributed by atoms with E-state index in [1.807, 2.05) is 0 Å². The Balaban J connectivity index is 1.67. The Kier molecular flexibility index (Phi) is 7.99. The topological polar surface area (TPSA) is 247 Å². The second kappa shape index (κ2) is 11.1. The molecular formula is C27H32O14. The number of ketones is 1. The van der Waals surface area contributed by atoms with E-state index in [4.69, 9.17) is 14.2 Å². The molecule has 0 unspecified atom stereocenters. The van der Waals surface area contributed by atoms with Crippen LogP contribution in [-0.4, -0.2) is 131 Å². The predicted octanol–water partition coefficient (Wildman–Crippen LogP) is -2.90. The zero-order chi connectivity index (χ0) is 29.9. The number of ether oxygens (including phenoxy) is 3. The van der Waals surface area contributed by atoms with Gasteiger partial charge in [-0.2, -0.15) is 0 Å². The van der Waals surface area contributed by atoms with E-state index in [2.05, 4.69) is 0 Å². The normalized spacial score (nSPS) is 36.9. The van der Waals surface area contributed by atoms with Gasteiger partial charge in [-0.15, -0.1) is 0 Å². The van der Waals surface area contributed by atoms with E-state index in [-0.39, 0.29) is 28.0 Å². The van der Waals surface area contributed by atoms with Gasteiger partial charge in [-0.1, -0.05) is 6.07 Å². The fourth-order valence-electron chi connectivity index (χ4n) is 5.83. The lowest BCUT2D eigenvalue weighted by molar-refractivity contribution is -0.277. The van der Waals surface area contributed by atoms with Crippen LogP contribution < -0.4 is 4.74 Å². The molecule has 2 aromatic rings. The van der Waals surface area contributed by atoms with E-state index < -0.39 is 97.6 Å². The molecular weight excluding hydrogens is 548 g/mol. The quantitative estimate of drug-likeness (QED) is 0.171. The number of phenols is 2. The third-order valence-corrected chi connectivity index (χ3v) is 7.88. The van der Waals surface area contributed by atoms with E-state index in [1.54, 1.807) is 13.0 Å². The number of carbonyl (C=O) groups is 1. The molecule has 2 saturated heterocycles. The van der Waals surface area contributed by atoms with Gasteiger partial charge in [-0.05, 0) is 35.7 Å². The SMILES string of the molecule is Cc1cc(O)c2c(c1)[C@H]([C@@H]1O[C@H](CO)[C@@H](O)[C@H](O)[C@H]1O)c1cc(O)cc(O[C@@H]3O[C@H](CO)[C@@H](O)[C@H](O)[C@H]3O)c1C2=O. The minimum Gasteiger partial charge on any atom is -0.508 e. The number of phenolic OH excluding ortho intramolecular Hbond substituents is 2. The summed E-state index contributed by atoms with van der Waals surface area (Å²) in [6.45, 7) is 0.166. The highest BCUT2D eigenvalue weighted by Gasteiger charge is 2.51. The molecule has 3 aliphatic rings. The first-order chi connectivity index (χ1) is 19.4. The summed E-state index contributed by atoms with van der Waals surface area (Å²) in [7, 11) is 0. The van der Waals surface area contributed by atoms with Crippen molar-refractivity contribution in [3.8, 4) is 17.2 Å². The fourth-order valence-corrected chi connectivity index (χ4v) is 5.83. The maximum atomic E-state index is 13.9. The molecule has 2 aromatic carbocycles. The standard InChI is InChI=1S/C27H32O14/c1-8-2-10-16(26-24(37)22(35)19(32)14(6-28)39-26)11-4-9(30)5-13(18(11)21(34)17(10)12(31)3-8)40-27-25(38)23(36)20(33)15(7-29)41-27/h2-5,14-16,19-20,22-33,35-38H,6-7H2,1H3/t14-,15-,16+,19-,20-,22+,23+,24-,25-,26+,27-/m1/s1. The maximum absolute atomic E-state index is 13.9. The van der Waals surface area contributed by atoms with Gasteiger partial charge in [-0.25, -0.2) is 0 Å². The monoisotopic (exact) mass is 580 g/mol. The molecule has 10 N–H and O–H groups in total. The first-order valence-corrected chi connectivity index (χ1v) is 12.9. The molecule has 2 fully saturated rings. The van der Waals surface area contributed by atoms with Gasteiger partial charge in [-0.3, -0.25) is 4.79 Å². The molecule has 224 valence electrons. The third-order valence-electron chi connectivity index (χ3n) is 7.88. The highest BCUT2D eigenvalue weighted by Crippen LogP contribution is 2.49. The van der Waals surface area contributed by atoms with Crippen LogP contribution in [0.4, 0.5) is 0 Å². The average Bonchev–Trinajstić information content (AvgIpc) is 2.92. The first kappa shape index (κ1) is 29.6. The van der Waals surface area contributed by atoms with E-state index in [0.717, 1.165) is 6.07 Å². The molecule has 0 amide bonds. The van der Waals surface area contributed by atoms with E-state index in [1.165, 1.54) is 12.1 Å². The predicted molar refractivity (Wildman–Crippen MR) is 134 cm³/mol. The number of carbonyl (C=O) groups excluding carboxylic acids is 1. The van der Waals surface area contributed by atoms with Crippen LogP contribution in [0.15, 0.2) is 24.3 Å². The van der Waals surface area contributed by atoms with Gasteiger partial charge in [0, 0.05) is 12.0 Å². The van der Waals surface area contributed by atoms with Crippen molar-refractivity contribution in [1.82, 2.24) is 0 Å². The highest BCUT2D eigenvalue weighted by atomic mass is 16.7. The lowest BCUT2D eigenvalue weighted by Crippen LogP contribution is -2.60. The number of fused-ring (bicyclic) bond motifs is 2. The van der Waals surface area contributed by atoms with Crippen LogP contribution in [0.3, 0.4) is 0 Å². The number of aryl methyl sites for hydroxylation is 1. The van der Waals surface area contributed by atoms with E-state index in [9.17, 15) is 55.9 Å². The van der Waals surface area contributed by atoms with Crippen LogP contribution in [0.1, 0.15) is 38.5 Å². The lowest BCUT2D eigenvalue weighted by Gasteiger charge is -2.45. The van der Waals surface area contributed by atoms with Crippen LogP contribution >= 0.6 is 0 Å². The van der Waals surface area contributed by atoms with Crippen molar-refractivity contribution in [2.45, 2.75) is 74.1 Å². The second-order valence-electron chi connectivity index (χ2n) is 10.6. The van der Waals surface area contributed by atoms with E-state index >= 15 is 0 Å². The summed E-state index contributed by atoms with van der Waals surface area (Å²) in [5.41, 5.74) is 0.220. The van der Waals surface area contributed by atoms with Crippen LogP contribution in [-0.2, 0) is 9.47 Å². The molecule has 0 bridgehead atoms. The summed E-state index contributed by atoms with van der Waals surface area (Å²) in [6.07, 6.45) is -16.3. The molecule has 14 heteroatoms. The molecule has 0 aromatic heterocycles. The van der Waals surface area contributed by atoms with Crippen molar-refractivity contribution in [3.05, 3.63) is 52.1 Å². The summed E-state index contributed by atoms with van der Waals surface area (Å²) < 4.78 is 17.0. The van der Waals surface area contributed by atoms with E-state index in [0.29, 0.717) is 5.56 Å². The summed E-state index contributed by atoms with van der Waals surface area (Å²) >= 11 is 0. The molecule has 0 radical (unpaired) electrons. The maximum Gasteiger partial charge on any atom is 0.229 e. The Morgan fingerprint density at radius 1 is 0.732 bits per heavy atom. The molecule has 5 rings (SSSR count). The number of aromatic hydroxyl groups is 2. The fraction of sp³-hybridized carbons (Fsp3) is 0.519. The van der Waals surface area contributed by atoms with Crippen molar-refractivity contribution in [1.29, 1.82) is 0 Å². The summed E-state index contributed by atoms with van der Waals surface area (Å²) in [4.78, 5) is 13.9. The summed E-state index contributed by atoms with van der Waals surface area (Å²) in [5, 5.41) is 103. The largest absolute Gasteiger partial charge is 0.508 e. The number of hydrogen-bond acceptors (Lipinski definition) is 14. The molecule has 1 aliphatic carbocycles. The highest BCUT2D eigenvalue weighted by molar-refractivity contribution is 6.16. The number of benzene rings is 2. The Morgan fingerprint density at radius 3 is 1.95 bits per heavy atom. The summed E-state index contributed by atoms with van der Waals surface area (Å²) in [6, 6.07) is 5.06. The van der Waals surface area contributed by atoms with Gasteiger partial charge < -0.3 is 65.3 Å². The molecule has 41 heavy (non-hydrogen) atoms. The smallest absolute Gasteiger partial charge is 0.229 e. The lowest BCUT2D eigenvalue weighted by atomic mass is 9.71. The van der Waals surface area contributed by atoms with Gasteiger partial charge >= 0.3 is 0 Å². The van der Waals surface area contributed by atoms with Gasteiger partial charge in [0.1, 0.15) is 66.1 Å². The number of rotatable bonds is 5. The van der Waals surface area contributed by atoms with Crippen molar-refractivity contribution >= 4 is 5.78 Å². The van der Waals surface area contributed by atoms with Gasteiger partial charge in [0.25, 0.3) is 0 Å². The molecule has 0 spiro atoms. The molecule has 2 aliphatic heterocycles. The minimum absolute atomic E-state index is 0.0106. The third kappa shape index (κ3) is 4.85. The van der Waals surface area contributed by atoms with Crippen molar-refractivity contribution < 1.29 is 70.1 Å². The van der Waals surface area contributed by atoms with Gasteiger partial charge in [0.05, 0.1) is 30.4 Å². The molecule has 11 atom stereocenters. The van der Waals surface area contributed by atoms with Crippen LogP contribution in [0.5, 0.6) is 17.2 Å². The van der Waals surface area contributed by atoms with Crippen molar-refractivity contribution in [2.24, 2.45) is 0 Å². The minimum atomic E-state index is -1.85. The zero-order valence-corrected chi connectivity index (χ0v) is 21.7. The van der Waals surface area contributed by atoms with Gasteiger partial charge in [0.15, 0.2) is 0 Å². The second-order valence-corrected chi connectivity index (χ2v) is 10.6. The van der Waals surface area contributed by atoms with Crippen LogP contribution in [0, 0.1) is 6.92 Å². The number of aliphatic hydroxyl groups is 8. The average molecular weight is 581 g/mol. The van der Waals surface area contributed by atoms with Crippen LogP contribution in [0.2, 0.25) is 0 Å². The Hall–Kier alpha value is -2.89. The molecule has 14 nitrogen and oxygen atoms in total. The molecule has 0 saturated carbocycles. The van der Waals surface area contributed by atoms with Crippen molar-refractivity contribution in [2.75, 3.05) is 13.2 Å². The van der Waals surface area contributed by atoms with Crippen molar-refractivity contribution in [3.63, 3.8) is 0 Å². The number of hydrogen-bond donors (Lipinski definition) is 10. The van der Waals surface area contributed by atoms with Gasteiger partial charge in [0.2, 0.25) is 12.1 Å². The van der Waals surface area contributed by atoms with Crippen LogP contribution in [0.25, 0.3) is 0 Å². The Labute approximate surface area is 232 Å². The summed E-state index contributed by atoms with van der Waals surface area (Å²) in [5.74, 6) is -3.23. The number of aliphatic hydroxyl groups excluding tert-OH is 8. The Morgan fingerprint density at radius 2 is 1.32 bits per heavy atom. The Bertz CT molecular complexity index is 1310. The first-order valence-electron chi connectivity index (χ1n) is 12.9.